The molecule has 12 atom stereocenters. The normalized spacial score (nSPS) is 26.0. The molecule has 0 aromatic heterocycles. The van der Waals surface area contributed by atoms with Gasteiger partial charge in [0.25, 0.3) is 11.8 Å². The number of benzene rings is 1. The summed E-state index contributed by atoms with van der Waals surface area (Å²) in [6.07, 6.45) is 11.6. The SMILES string of the molecule is CCC[N+]1(Cc2ccc(NC(=O)[C@H](C)NC(=O)C(NC(=O)CCCCCN3C(=O)C=CC3=O)C(C)C)cc2)CCN(C(=O)O[C@H]2/C=C/[C@H](C)[C@@H](/C(C)=C/C=C/[C@](C)(O)C[C@H]3O[C@@H]3[C@H](C)[C@@H](O)CC)OC(=O)C[C@H](O)CC[C@@]2(C)OC)CC1.O=C=O. The Morgan fingerprint density at radius 1 is 0.965 bits per heavy atom. The number of nitrogens with zero attached hydrogens (tertiary/aromatic N) is 3. The average Bonchev–Trinajstić information content (AvgIpc) is 4.38. The molecule has 6 N–H and O–H groups in total. The fourth-order valence-corrected chi connectivity index (χ4v) is 11.1. The second kappa shape index (κ2) is 33.5. The molecule has 0 aliphatic carbocycles. The zero-order valence-electron chi connectivity index (χ0n) is 51.7. The monoisotopic (exact) mass is 1190 g/mol. The molecule has 0 radical (unpaired) electrons. The summed E-state index contributed by atoms with van der Waals surface area (Å²) in [5.41, 5.74) is 0.0376. The number of rotatable bonds is 26. The molecule has 1 unspecified atom stereocenters. The zero-order chi connectivity index (χ0) is 63.2. The Morgan fingerprint density at radius 2 is 1.61 bits per heavy atom. The Labute approximate surface area is 501 Å². The molecule has 4 aliphatic rings. The van der Waals surface area contributed by atoms with Gasteiger partial charge in [-0.3, -0.25) is 38.6 Å². The number of unbranched alkanes of at least 4 members (excludes halogenated alkanes) is 2. The number of amides is 6. The van der Waals surface area contributed by atoms with E-state index in [1.54, 1.807) is 43.1 Å². The van der Waals surface area contributed by atoms with Crippen LogP contribution in [0.3, 0.4) is 0 Å². The Balaban J connectivity index is 0.00000505. The molecule has 4 heterocycles. The molecule has 22 nitrogen and oxygen atoms in total. The lowest BCUT2D eigenvalue weighted by atomic mass is 9.88. The van der Waals surface area contributed by atoms with Crippen LogP contribution in [0.25, 0.3) is 0 Å². The molecule has 6 amide bonds. The van der Waals surface area contributed by atoms with Crippen molar-refractivity contribution in [3.05, 3.63) is 77.9 Å². The number of hydrogen-bond acceptors (Lipinski definition) is 16. The largest absolute Gasteiger partial charge is 0.457 e. The molecular formula is C63H95N6O16+. The van der Waals surface area contributed by atoms with E-state index >= 15 is 0 Å². The number of quaternary nitrogens is 1. The predicted molar refractivity (Wildman–Crippen MR) is 315 cm³/mol. The number of methoxy groups -OCH3 is 1. The smallest absolute Gasteiger partial charge is 0.410 e. The number of carbonyl (C=O) groups excluding carboxylic acids is 9. The van der Waals surface area contributed by atoms with Gasteiger partial charge in [-0.1, -0.05) is 84.4 Å². The number of allylic oxidation sites excluding steroid dienone is 2. The highest BCUT2D eigenvalue weighted by Gasteiger charge is 2.47. The van der Waals surface area contributed by atoms with Crippen molar-refractivity contribution in [2.24, 2.45) is 17.8 Å². The van der Waals surface area contributed by atoms with Crippen molar-refractivity contribution in [2.75, 3.05) is 51.7 Å². The Hall–Kier alpha value is -6.39. The summed E-state index contributed by atoms with van der Waals surface area (Å²) >= 11 is 0. The van der Waals surface area contributed by atoms with E-state index in [2.05, 4.69) is 22.9 Å². The highest BCUT2D eigenvalue weighted by atomic mass is 16.6. The van der Waals surface area contributed by atoms with Gasteiger partial charge in [0.1, 0.15) is 30.3 Å². The predicted octanol–water partition coefficient (Wildman–Crippen LogP) is 5.59. The minimum atomic E-state index is -1.20. The van der Waals surface area contributed by atoms with Gasteiger partial charge >= 0.3 is 18.2 Å². The number of carbonyl (C=O) groups is 7. The van der Waals surface area contributed by atoms with Gasteiger partial charge < -0.3 is 54.7 Å². The van der Waals surface area contributed by atoms with Crippen LogP contribution < -0.4 is 16.0 Å². The molecule has 5 rings (SSSR count). The first-order valence-electron chi connectivity index (χ1n) is 30.0. The minimum Gasteiger partial charge on any atom is -0.457 e. The van der Waals surface area contributed by atoms with Gasteiger partial charge in [-0.25, -0.2) is 4.79 Å². The molecule has 22 heteroatoms. The van der Waals surface area contributed by atoms with Gasteiger partial charge in [-0.15, -0.1) is 0 Å². The van der Waals surface area contributed by atoms with E-state index in [4.69, 9.17) is 28.5 Å². The van der Waals surface area contributed by atoms with Crippen LogP contribution in [0.2, 0.25) is 0 Å². The van der Waals surface area contributed by atoms with Crippen molar-refractivity contribution in [3.63, 3.8) is 0 Å². The van der Waals surface area contributed by atoms with Crippen LogP contribution in [-0.2, 0) is 63.8 Å². The third-order valence-electron chi connectivity index (χ3n) is 16.6. The molecule has 85 heavy (non-hydrogen) atoms. The van der Waals surface area contributed by atoms with E-state index in [-0.39, 0.29) is 80.1 Å². The molecule has 1 aromatic rings. The Morgan fingerprint density at radius 3 is 2.21 bits per heavy atom. The maximum Gasteiger partial charge on any atom is 0.410 e. The minimum absolute atomic E-state index is 0.0425. The van der Waals surface area contributed by atoms with Crippen molar-refractivity contribution in [1.29, 1.82) is 0 Å². The maximum atomic E-state index is 14.2. The fourth-order valence-electron chi connectivity index (χ4n) is 11.1. The molecule has 0 spiro atoms. The zero-order valence-corrected chi connectivity index (χ0v) is 51.7. The number of cyclic esters (lactones) is 1. The number of esters is 1. The third-order valence-corrected chi connectivity index (χ3v) is 16.6. The first kappa shape index (κ1) is 71.1. The second-order valence-electron chi connectivity index (χ2n) is 24.1. The third kappa shape index (κ3) is 22.1. The number of imide groups is 1. The van der Waals surface area contributed by atoms with Gasteiger partial charge in [0, 0.05) is 61.7 Å². The van der Waals surface area contributed by atoms with Gasteiger partial charge in [0.2, 0.25) is 17.7 Å². The first-order valence-corrected chi connectivity index (χ1v) is 30.0. The topological polar surface area (TPSA) is 297 Å². The van der Waals surface area contributed by atoms with Crippen LogP contribution in [0.15, 0.2) is 72.4 Å². The number of epoxide rings is 1. The number of nitrogens with one attached hydrogen (secondary N) is 3. The van der Waals surface area contributed by atoms with Crippen LogP contribution in [0.4, 0.5) is 10.5 Å². The van der Waals surface area contributed by atoms with E-state index < -0.39 is 77.5 Å². The number of aliphatic hydroxyl groups is 3. The lowest BCUT2D eigenvalue weighted by Gasteiger charge is -2.45. The van der Waals surface area contributed by atoms with E-state index in [0.29, 0.717) is 76.1 Å². The average molecular weight is 1190 g/mol. The molecule has 0 bridgehead atoms. The maximum absolute atomic E-state index is 14.2. The highest BCUT2D eigenvalue weighted by molar-refractivity contribution is 6.12. The lowest BCUT2D eigenvalue weighted by Crippen LogP contribution is -2.60. The summed E-state index contributed by atoms with van der Waals surface area (Å²) in [6.45, 7) is 22.5. The fraction of sp³-hybridized carbons (Fsp3) is 0.651. The van der Waals surface area contributed by atoms with E-state index in [9.17, 15) is 48.9 Å². The number of anilines is 1. The van der Waals surface area contributed by atoms with Crippen LogP contribution in [0.1, 0.15) is 139 Å². The van der Waals surface area contributed by atoms with Crippen LogP contribution in [0, 0.1) is 17.8 Å². The van der Waals surface area contributed by atoms with Crippen LogP contribution >= 0.6 is 0 Å². The number of hydrogen-bond donors (Lipinski definition) is 6. The van der Waals surface area contributed by atoms with Gasteiger partial charge in [-0.2, -0.15) is 9.59 Å². The van der Waals surface area contributed by atoms with E-state index in [1.807, 2.05) is 78.8 Å². The number of ether oxygens (including phenoxy) is 4. The van der Waals surface area contributed by atoms with Crippen molar-refractivity contribution in [1.82, 2.24) is 20.4 Å². The highest BCUT2D eigenvalue weighted by Crippen LogP contribution is 2.38. The lowest BCUT2D eigenvalue weighted by molar-refractivity contribution is -0.944. The van der Waals surface area contributed by atoms with Crippen molar-refractivity contribution in [3.8, 4) is 0 Å². The summed E-state index contributed by atoms with van der Waals surface area (Å²) < 4.78 is 24.9. The molecule has 1 aromatic carbocycles. The van der Waals surface area contributed by atoms with E-state index in [0.717, 1.165) is 23.0 Å². The Bertz CT molecular complexity index is 2550. The molecule has 472 valence electrons. The summed E-state index contributed by atoms with van der Waals surface area (Å²) in [7, 11) is 1.54. The summed E-state index contributed by atoms with van der Waals surface area (Å²) in [4.78, 5) is 110. The molecule has 0 saturated carbocycles. The number of aliphatic hydroxyl groups excluding tert-OH is 2. The van der Waals surface area contributed by atoms with Gasteiger partial charge in [0.15, 0.2) is 6.10 Å². The molecule has 4 aliphatic heterocycles. The van der Waals surface area contributed by atoms with Crippen molar-refractivity contribution >= 4 is 53.4 Å². The van der Waals surface area contributed by atoms with Crippen molar-refractivity contribution < 1.29 is 81.9 Å². The van der Waals surface area contributed by atoms with Gasteiger partial charge in [-0.05, 0) is 95.9 Å². The van der Waals surface area contributed by atoms with Crippen molar-refractivity contribution in [2.45, 2.75) is 200 Å². The Kier molecular flexibility index (Phi) is 28.0. The van der Waals surface area contributed by atoms with E-state index in [1.165, 1.54) is 24.2 Å². The van der Waals surface area contributed by atoms with Crippen LogP contribution in [0.5, 0.6) is 0 Å². The summed E-state index contributed by atoms with van der Waals surface area (Å²) in [5, 5.41) is 40.9. The molecular weight excluding hydrogens is 1100 g/mol. The standard InChI is InChI=1S/C62H94N6O14.CO2/c1-12-34-68(39-45-21-23-46(24-22-45)64-58(75)44(8)63-59(76)55(40(3)4)65-51(71)19-15-14-16-31-67-52(72)26-27-53(67)73)35-32-66(33-36-68)60(77)81-50-25-20-42(6)56(82-54(74)37-47(69)28-30-62(50,10)79-11)41(5)18-17-29-61(9,78)38-49-57(80-49)43(7)48(70)13-2;2-1-3/h17-18,20-27,29,40,42-44,47-50,55-57,69-70,78H,12-16,19,28,30-39H2,1-11H3,(H2-,63,64,65,71,75,76);/p+1/b25-20+,29-17+,41-18+;/t42-,43+,44-,47+,48-,49+,50-,55?,56+,57+,61-,62+;/m0./s1. The molecule has 2 fully saturated rings. The second-order valence-corrected chi connectivity index (χ2v) is 24.1. The first-order chi connectivity index (χ1) is 40.1. The van der Waals surface area contributed by atoms with Crippen LogP contribution in [-0.4, -0.2) is 184 Å². The summed E-state index contributed by atoms with van der Waals surface area (Å²) in [5.74, 6) is -3.15. The summed E-state index contributed by atoms with van der Waals surface area (Å²) in [6, 6.07) is 5.81. The van der Waals surface area contributed by atoms with Gasteiger partial charge in [0.05, 0.1) is 69.2 Å². The molecule has 2 saturated heterocycles. The quantitative estimate of drug-likeness (QED) is 0.0125. The number of piperazine rings is 1.